The van der Waals surface area contributed by atoms with Crippen molar-refractivity contribution >= 4 is 46.1 Å². The number of anilines is 3. The Morgan fingerprint density at radius 2 is 1.55 bits per heavy atom. The summed E-state index contributed by atoms with van der Waals surface area (Å²) in [7, 11) is 5.37. The molecule has 3 aromatic rings. The van der Waals surface area contributed by atoms with E-state index in [0.29, 0.717) is 17.0 Å². The second kappa shape index (κ2) is 11.2. The Labute approximate surface area is 228 Å². The Balaban J connectivity index is 1.90. The molecule has 1 aliphatic rings. The lowest BCUT2D eigenvalue weighted by Gasteiger charge is -2.27. The first-order valence-electron chi connectivity index (χ1n) is 12.5. The van der Waals surface area contributed by atoms with Crippen LogP contribution in [0.2, 0.25) is 5.02 Å². The number of nitrogens with zero attached hydrogens (tertiary/aromatic N) is 3. The minimum absolute atomic E-state index is 0.0319. The molecule has 1 saturated heterocycles. The normalized spacial score (nSPS) is 16.6. The molecule has 0 aliphatic carbocycles. The molecule has 38 heavy (non-hydrogen) atoms. The van der Waals surface area contributed by atoms with E-state index in [4.69, 9.17) is 16.3 Å². The van der Waals surface area contributed by atoms with Crippen molar-refractivity contribution in [2.45, 2.75) is 19.9 Å². The van der Waals surface area contributed by atoms with Crippen LogP contribution >= 0.6 is 11.6 Å². The number of aliphatic hydroxyl groups is 1. The average Bonchev–Trinajstić information content (AvgIpc) is 3.19. The maximum absolute atomic E-state index is 13.5. The van der Waals surface area contributed by atoms with Gasteiger partial charge in [0, 0.05) is 49.8 Å². The third kappa shape index (κ3) is 4.94. The highest BCUT2D eigenvalue weighted by atomic mass is 35.5. The third-order valence-electron chi connectivity index (χ3n) is 6.85. The van der Waals surface area contributed by atoms with Gasteiger partial charge in [0.1, 0.15) is 11.5 Å². The Morgan fingerprint density at radius 3 is 2.11 bits per heavy atom. The van der Waals surface area contributed by atoms with Gasteiger partial charge in [-0.3, -0.25) is 14.5 Å². The van der Waals surface area contributed by atoms with Gasteiger partial charge in [-0.2, -0.15) is 0 Å². The van der Waals surface area contributed by atoms with Crippen LogP contribution in [0.4, 0.5) is 17.1 Å². The first kappa shape index (κ1) is 27.1. The summed E-state index contributed by atoms with van der Waals surface area (Å²) >= 11 is 6.42. The van der Waals surface area contributed by atoms with Gasteiger partial charge in [0.05, 0.1) is 23.7 Å². The Bertz CT molecular complexity index is 1360. The van der Waals surface area contributed by atoms with Crippen LogP contribution in [-0.2, 0) is 9.59 Å². The lowest BCUT2D eigenvalue weighted by Crippen LogP contribution is -2.29. The zero-order chi connectivity index (χ0) is 27.6. The molecule has 198 valence electrons. The Morgan fingerprint density at radius 1 is 0.947 bits per heavy atom. The molecule has 0 saturated carbocycles. The number of ketones is 1. The van der Waals surface area contributed by atoms with Crippen molar-refractivity contribution in [3.8, 4) is 5.75 Å². The molecular formula is C30H32ClN3O4. The Kier molecular flexibility index (Phi) is 7.97. The fourth-order valence-corrected chi connectivity index (χ4v) is 4.95. The molecule has 1 amide bonds. The average molecular weight is 534 g/mol. The highest BCUT2D eigenvalue weighted by Gasteiger charge is 2.47. The topological polar surface area (TPSA) is 73.3 Å². The maximum Gasteiger partial charge on any atom is 0.300 e. The van der Waals surface area contributed by atoms with E-state index in [-0.39, 0.29) is 21.9 Å². The second-order valence-corrected chi connectivity index (χ2v) is 9.60. The standard InChI is InChI=1S/C30H32ClN3O4/c1-6-33(7-2)21-12-14-22(15-13-21)34-27(19-8-10-20(11-9-19)32(3)4)26(29(36)30(34)37)28(35)24-18-23(38-5)16-17-25(24)31/h8-18,27,35H,6-7H2,1-5H3/b28-26+. The first-order chi connectivity index (χ1) is 18.2. The number of hydrogen-bond acceptors (Lipinski definition) is 6. The molecule has 1 atom stereocenters. The van der Waals surface area contributed by atoms with Crippen LogP contribution in [0.1, 0.15) is 31.0 Å². The third-order valence-corrected chi connectivity index (χ3v) is 7.18. The Hall–Kier alpha value is -3.97. The van der Waals surface area contributed by atoms with Crippen molar-refractivity contribution in [1.82, 2.24) is 0 Å². The quantitative estimate of drug-likeness (QED) is 0.221. The van der Waals surface area contributed by atoms with E-state index in [9.17, 15) is 14.7 Å². The van der Waals surface area contributed by atoms with Crippen LogP contribution in [0.15, 0.2) is 72.3 Å². The van der Waals surface area contributed by atoms with Crippen LogP contribution in [0, 0.1) is 0 Å². The molecule has 1 aliphatic heterocycles. The van der Waals surface area contributed by atoms with Crippen LogP contribution in [0.25, 0.3) is 5.76 Å². The van der Waals surface area contributed by atoms with Gasteiger partial charge in [0.2, 0.25) is 0 Å². The minimum atomic E-state index is -0.854. The second-order valence-electron chi connectivity index (χ2n) is 9.19. The number of methoxy groups -OCH3 is 1. The van der Waals surface area contributed by atoms with Gasteiger partial charge in [0.15, 0.2) is 0 Å². The maximum atomic E-state index is 13.5. The number of benzene rings is 3. The molecule has 0 aromatic heterocycles. The van der Waals surface area contributed by atoms with Crippen molar-refractivity contribution in [3.05, 3.63) is 88.5 Å². The van der Waals surface area contributed by atoms with Gasteiger partial charge in [-0.15, -0.1) is 0 Å². The number of rotatable bonds is 8. The van der Waals surface area contributed by atoms with E-state index in [0.717, 1.165) is 24.5 Å². The number of Topliss-reactive ketones (excluding diaryl/α,β-unsaturated/α-hetero) is 1. The largest absolute Gasteiger partial charge is 0.507 e. The van der Waals surface area contributed by atoms with Crippen molar-refractivity contribution in [1.29, 1.82) is 0 Å². The summed E-state index contributed by atoms with van der Waals surface area (Å²) in [5.41, 5.74) is 3.41. The lowest BCUT2D eigenvalue weighted by atomic mass is 9.94. The van der Waals surface area contributed by atoms with Crippen LogP contribution in [-0.4, -0.2) is 51.1 Å². The monoisotopic (exact) mass is 533 g/mol. The smallest absolute Gasteiger partial charge is 0.300 e. The summed E-state index contributed by atoms with van der Waals surface area (Å²) in [5.74, 6) is -1.39. The molecule has 4 rings (SSSR count). The number of amides is 1. The van der Waals surface area contributed by atoms with Crippen molar-refractivity contribution in [2.24, 2.45) is 0 Å². The van der Waals surface area contributed by atoms with E-state index in [1.807, 2.05) is 67.5 Å². The number of hydrogen-bond donors (Lipinski definition) is 1. The van der Waals surface area contributed by atoms with Gasteiger partial charge in [-0.25, -0.2) is 0 Å². The molecule has 1 fully saturated rings. The highest BCUT2D eigenvalue weighted by Crippen LogP contribution is 2.44. The molecule has 1 N–H and O–H groups in total. The molecule has 8 heteroatoms. The van der Waals surface area contributed by atoms with Gasteiger partial charge >= 0.3 is 0 Å². The summed E-state index contributed by atoms with van der Waals surface area (Å²) in [6.07, 6.45) is 0. The predicted octanol–water partition coefficient (Wildman–Crippen LogP) is 5.89. The predicted molar refractivity (Wildman–Crippen MR) is 154 cm³/mol. The van der Waals surface area contributed by atoms with Crippen LogP contribution in [0.5, 0.6) is 5.75 Å². The lowest BCUT2D eigenvalue weighted by molar-refractivity contribution is -0.132. The van der Waals surface area contributed by atoms with Crippen LogP contribution < -0.4 is 19.4 Å². The summed E-state index contributed by atoms with van der Waals surface area (Å²) in [6, 6.07) is 19.0. The molecule has 1 heterocycles. The molecule has 0 bridgehead atoms. The summed E-state index contributed by atoms with van der Waals surface area (Å²) in [4.78, 5) is 32.6. The molecule has 0 spiro atoms. The van der Waals surface area contributed by atoms with E-state index in [1.165, 1.54) is 12.0 Å². The minimum Gasteiger partial charge on any atom is -0.507 e. The summed E-state index contributed by atoms with van der Waals surface area (Å²) in [6.45, 7) is 5.86. The zero-order valence-electron chi connectivity index (χ0n) is 22.2. The summed E-state index contributed by atoms with van der Waals surface area (Å²) in [5, 5.41) is 11.7. The number of carbonyl (C=O) groups is 2. The van der Waals surface area contributed by atoms with E-state index in [1.54, 1.807) is 18.2 Å². The fraction of sp³-hybridized carbons (Fsp3) is 0.267. The number of ether oxygens (including phenoxy) is 1. The molecule has 1 unspecified atom stereocenters. The van der Waals surface area contributed by atoms with E-state index >= 15 is 0 Å². The number of halogens is 1. The number of aliphatic hydroxyl groups excluding tert-OH is 1. The summed E-state index contributed by atoms with van der Waals surface area (Å²) < 4.78 is 5.29. The van der Waals surface area contributed by atoms with Gasteiger partial charge in [-0.05, 0) is 74.0 Å². The van der Waals surface area contributed by atoms with E-state index in [2.05, 4.69) is 18.7 Å². The fourth-order valence-electron chi connectivity index (χ4n) is 4.74. The zero-order valence-corrected chi connectivity index (χ0v) is 23.0. The highest BCUT2D eigenvalue weighted by molar-refractivity contribution is 6.52. The van der Waals surface area contributed by atoms with Crippen molar-refractivity contribution in [2.75, 3.05) is 49.0 Å². The van der Waals surface area contributed by atoms with Gasteiger partial charge in [-0.1, -0.05) is 23.7 Å². The molecular weight excluding hydrogens is 502 g/mol. The van der Waals surface area contributed by atoms with Gasteiger partial charge in [0.25, 0.3) is 11.7 Å². The molecule has 0 radical (unpaired) electrons. The first-order valence-corrected chi connectivity index (χ1v) is 12.9. The van der Waals surface area contributed by atoms with Crippen molar-refractivity contribution < 1.29 is 19.4 Å². The van der Waals surface area contributed by atoms with Crippen molar-refractivity contribution in [3.63, 3.8) is 0 Å². The SMILES string of the molecule is CCN(CC)c1ccc(N2C(=O)C(=O)/C(=C(/O)c3cc(OC)ccc3Cl)C2c2ccc(N(C)C)cc2)cc1. The van der Waals surface area contributed by atoms with E-state index < -0.39 is 17.7 Å². The van der Waals surface area contributed by atoms with Crippen LogP contribution in [0.3, 0.4) is 0 Å². The molecule has 7 nitrogen and oxygen atoms in total. The van der Waals surface area contributed by atoms with Gasteiger partial charge < -0.3 is 19.6 Å². The molecule has 3 aromatic carbocycles. The number of carbonyl (C=O) groups excluding carboxylic acids is 2.